The van der Waals surface area contributed by atoms with Gasteiger partial charge in [-0.25, -0.2) is 9.78 Å². The number of hydrogen-bond acceptors (Lipinski definition) is 9. The zero-order valence-corrected chi connectivity index (χ0v) is 19.9. The molecule has 174 valence electrons. The molecule has 3 heterocycles. The van der Waals surface area contributed by atoms with Gasteiger partial charge < -0.3 is 14.6 Å². The number of amides is 1. The minimum Gasteiger partial charge on any atom is -0.507 e. The molecule has 4 rings (SSSR count). The molecule has 0 spiro atoms. The topological polar surface area (TPSA) is 106 Å². The average molecular weight is 497 g/mol. The molecule has 1 atom stereocenters. The van der Waals surface area contributed by atoms with Crippen molar-refractivity contribution in [1.29, 1.82) is 0 Å². The third kappa shape index (κ3) is 4.13. The SMILES string of the molecule is C=CCOC(=O)c1sc(N2C(=O)C(=O)C(=C(O)c3cccc(OC)c3)C2c2cccs2)nc1C. The normalized spacial score (nSPS) is 17.1. The first-order chi connectivity index (χ1) is 16.4. The second kappa shape index (κ2) is 9.62. The van der Waals surface area contributed by atoms with E-state index < -0.39 is 23.7 Å². The summed E-state index contributed by atoms with van der Waals surface area (Å²) in [6.45, 7) is 5.17. The summed E-state index contributed by atoms with van der Waals surface area (Å²) in [6.07, 6.45) is 1.45. The summed E-state index contributed by atoms with van der Waals surface area (Å²) in [5.41, 5.74) is 0.640. The molecule has 8 nitrogen and oxygen atoms in total. The van der Waals surface area contributed by atoms with Crippen LogP contribution in [0.2, 0.25) is 0 Å². The Kier molecular flexibility index (Phi) is 6.62. The molecule has 2 aromatic heterocycles. The first-order valence-electron chi connectivity index (χ1n) is 10.1. The van der Waals surface area contributed by atoms with Crippen LogP contribution in [0.15, 0.2) is 60.0 Å². The van der Waals surface area contributed by atoms with Crippen molar-refractivity contribution < 1.29 is 29.0 Å². The van der Waals surface area contributed by atoms with Gasteiger partial charge in [-0.1, -0.05) is 42.2 Å². The van der Waals surface area contributed by atoms with Crippen LogP contribution in [0.5, 0.6) is 5.75 Å². The molecule has 1 N–H and O–H groups in total. The highest BCUT2D eigenvalue weighted by atomic mass is 32.1. The van der Waals surface area contributed by atoms with Gasteiger partial charge in [0.15, 0.2) is 5.13 Å². The maximum Gasteiger partial charge on any atom is 0.350 e. The molecular formula is C24H20N2O6S2. The molecule has 10 heteroatoms. The molecule has 1 saturated heterocycles. The van der Waals surface area contributed by atoms with E-state index in [1.54, 1.807) is 43.3 Å². The van der Waals surface area contributed by atoms with Crippen LogP contribution in [0.4, 0.5) is 5.13 Å². The van der Waals surface area contributed by atoms with E-state index >= 15 is 0 Å². The van der Waals surface area contributed by atoms with E-state index in [0.29, 0.717) is 21.9 Å². The van der Waals surface area contributed by atoms with Crippen LogP contribution < -0.4 is 9.64 Å². The van der Waals surface area contributed by atoms with Gasteiger partial charge in [-0.15, -0.1) is 11.3 Å². The number of thiophene rings is 1. The maximum absolute atomic E-state index is 13.2. The summed E-state index contributed by atoms with van der Waals surface area (Å²) in [4.78, 5) is 45.2. The number of Topliss-reactive ketones (excluding diaryl/α,β-unsaturated/α-hetero) is 1. The van der Waals surface area contributed by atoms with Crippen molar-refractivity contribution in [3.05, 3.63) is 81.0 Å². The number of aliphatic hydroxyl groups excluding tert-OH is 1. The van der Waals surface area contributed by atoms with Crippen LogP contribution in [0.3, 0.4) is 0 Å². The second-order valence-corrected chi connectivity index (χ2v) is 9.17. The number of nitrogens with zero attached hydrogens (tertiary/aromatic N) is 2. The highest BCUT2D eigenvalue weighted by molar-refractivity contribution is 7.18. The Labute approximate surface area is 203 Å². The van der Waals surface area contributed by atoms with Crippen LogP contribution in [0.1, 0.15) is 31.8 Å². The minimum absolute atomic E-state index is 0.0335. The lowest BCUT2D eigenvalue weighted by Crippen LogP contribution is -2.29. The molecular weight excluding hydrogens is 476 g/mol. The lowest BCUT2D eigenvalue weighted by molar-refractivity contribution is -0.132. The molecule has 0 aliphatic carbocycles. The van der Waals surface area contributed by atoms with Gasteiger partial charge in [-0.2, -0.15) is 0 Å². The first-order valence-corrected chi connectivity index (χ1v) is 11.8. The number of methoxy groups -OCH3 is 1. The summed E-state index contributed by atoms with van der Waals surface area (Å²) in [6, 6.07) is 9.23. The van der Waals surface area contributed by atoms with Crippen LogP contribution >= 0.6 is 22.7 Å². The van der Waals surface area contributed by atoms with Gasteiger partial charge in [0, 0.05) is 10.4 Å². The third-order valence-electron chi connectivity index (χ3n) is 5.11. The molecule has 1 fully saturated rings. The van der Waals surface area contributed by atoms with Gasteiger partial charge in [0.2, 0.25) is 0 Å². The van der Waals surface area contributed by atoms with Crippen LogP contribution in [-0.4, -0.2) is 41.5 Å². The number of benzene rings is 1. The summed E-state index contributed by atoms with van der Waals surface area (Å²) in [5, 5.41) is 13.1. The number of carbonyl (C=O) groups is 3. The van der Waals surface area contributed by atoms with Crippen molar-refractivity contribution in [3.8, 4) is 5.75 Å². The number of carbonyl (C=O) groups excluding carboxylic acids is 3. The fourth-order valence-electron chi connectivity index (χ4n) is 3.55. The van der Waals surface area contributed by atoms with E-state index in [4.69, 9.17) is 9.47 Å². The fourth-order valence-corrected chi connectivity index (χ4v) is 5.36. The van der Waals surface area contributed by atoms with Crippen molar-refractivity contribution in [2.45, 2.75) is 13.0 Å². The van der Waals surface area contributed by atoms with E-state index in [1.807, 2.05) is 5.38 Å². The van der Waals surface area contributed by atoms with Crippen molar-refractivity contribution >= 4 is 51.2 Å². The maximum atomic E-state index is 13.2. The minimum atomic E-state index is -0.909. The van der Waals surface area contributed by atoms with E-state index in [1.165, 1.54) is 29.4 Å². The van der Waals surface area contributed by atoms with Gasteiger partial charge in [0.25, 0.3) is 5.78 Å². The Bertz CT molecular complexity index is 1310. The summed E-state index contributed by atoms with van der Waals surface area (Å²) in [7, 11) is 1.49. The lowest BCUT2D eigenvalue weighted by atomic mass is 10.00. The molecule has 1 aliphatic rings. The van der Waals surface area contributed by atoms with Crippen LogP contribution in [-0.2, 0) is 14.3 Å². The molecule has 1 amide bonds. The average Bonchev–Trinajstić information content (AvgIpc) is 3.56. The van der Waals surface area contributed by atoms with Gasteiger partial charge >= 0.3 is 11.9 Å². The monoisotopic (exact) mass is 496 g/mol. The molecule has 34 heavy (non-hydrogen) atoms. The number of ether oxygens (including phenoxy) is 2. The molecule has 1 aromatic carbocycles. The highest BCUT2D eigenvalue weighted by Gasteiger charge is 2.49. The van der Waals surface area contributed by atoms with Gasteiger partial charge in [-0.3, -0.25) is 14.5 Å². The Morgan fingerprint density at radius 1 is 1.29 bits per heavy atom. The van der Waals surface area contributed by atoms with Crippen LogP contribution in [0, 0.1) is 6.92 Å². The van der Waals surface area contributed by atoms with Gasteiger partial charge in [-0.05, 0) is 30.5 Å². The molecule has 1 unspecified atom stereocenters. The predicted octanol–water partition coefficient (Wildman–Crippen LogP) is 4.49. The van der Waals surface area contributed by atoms with E-state index in [9.17, 15) is 19.5 Å². The summed E-state index contributed by atoms with van der Waals surface area (Å²) >= 11 is 2.28. The van der Waals surface area contributed by atoms with Gasteiger partial charge in [0.05, 0.1) is 18.4 Å². The van der Waals surface area contributed by atoms with Crippen molar-refractivity contribution in [1.82, 2.24) is 4.98 Å². The number of anilines is 1. The van der Waals surface area contributed by atoms with E-state index in [0.717, 1.165) is 11.3 Å². The summed E-state index contributed by atoms with van der Waals surface area (Å²) < 4.78 is 10.3. The lowest BCUT2D eigenvalue weighted by Gasteiger charge is -2.21. The Balaban J connectivity index is 1.85. The van der Waals surface area contributed by atoms with Crippen molar-refractivity contribution in [2.24, 2.45) is 0 Å². The number of hydrogen-bond donors (Lipinski definition) is 1. The molecule has 3 aromatic rings. The van der Waals surface area contributed by atoms with E-state index in [2.05, 4.69) is 11.6 Å². The predicted molar refractivity (Wildman–Crippen MR) is 129 cm³/mol. The Morgan fingerprint density at radius 2 is 2.09 bits per heavy atom. The highest BCUT2D eigenvalue weighted by Crippen LogP contribution is 2.45. The fraction of sp³-hybridized carbons (Fsp3) is 0.167. The molecule has 1 aliphatic heterocycles. The number of aliphatic hydroxyl groups is 1. The number of ketones is 1. The number of aryl methyl sites for hydroxylation is 1. The summed E-state index contributed by atoms with van der Waals surface area (Å²) in [5.74, 6) is -2.12. The third-order valence-corrected chi connectivity index (χ3v) is 7.17. The zero-order valence-electron chi connectivity index (χ0n) is 18.3. The molecule has 0 saturated carbocycles. The second-order valence-electron chi connectivity index (χ2n) is 7.21. The largest absolute Gasteiger partial charge is 0.507 e. The number of thiazole rings is 1. The standard InChI is InChI=1S/C24H20N2O6S2/c1-4-10-32-23(30)21-13(2)25-24(34-21)26-18(16-9-6-11-33-16)17(20(28)22(26)29)19(27)14-7-5-8-15(12-14)31-3/h4-9,11-12,18,27H,1,10H2,2-3H3. The molecule has 0 bridgehead atoms. The number of rotatable bonds is 7. The van der Waals surface area contributed by atoms with Crippen molar-refractivity contribution in [2.75, 3.05) is 18.6 Å². The van der Waals surface area contributed by atoms with Crippen molar-refractivity contribution in [3.63, 3.8) is 0 Å². The number of esters is 1. The Morgan fingerprint density at radius 3 is 2.76 bits per heavy atom. The quantitative estimate of drug-likeness (QED) is 0.169. The van der Waals surface area contributed by atoms with Crippen LogP contribution in [0.25, 0.3) is 5.76 Å². The molecule has 0 radical (unpaired) electrons. The van der Waals surface area contributed by atoms with E-state index in [-0.39, 0.29) is 27.9 Å². The smallest absolute Gasteiger partial charge is 0.350 e. The number of aromatic nitrogens is 1. The first kappa shape index (κ1) is 23.4. The van der Waals surface area contributed by atoms with Gasteiger partial charge in [0.1, 0.15) is 29.0 Å². The Hall–Kier alpha value is -3.76. The zero-order chi connectivity index (χ0) is 24.4.